The minimum absolute atomic E-state index is 0.00100. The molecule has 15 unspecified atom stereocenters. The SMILES string of the molecule is CCC(C)(C)C(=O)OC1(CC)CC2CC1C1C3CCC(C3)C21.CCC(C)(C)C(=O)OC12CC3CC(C1)CC(C(=O)OC(CS(=O)(=O)[O-])C(F)(F)F)(C3)C2.CCC(C)(C)C(=O)OC1C2CC3C(=O)OC1C3O2.CCC(C)(C)C(=O)Oc1ccc(O)cc1.CCC(C)(C)C(=O)Oc1ccc(OC2(C)CCCCC2)cc1.c1ccc(-[s+]2c3ccccc3c3ccccc32)cc1. The van der Waals surface area contributed by atoms with Crippen molar-refractivity contribution in [2.45, 2.75) is 319 Å². The standard InChI is InChI=1S/C20H29F3O7S.C20H32O2.C19H28O3.C18H13S.C13H18O5.C12H16O3/c1-4-17(2,3)15(24)30-19-8-12-5-13(9-19)7-18(6-12,11-19)16(25)29-14(20(21,22)23)10-31(26,27)28;1-5-19(3,4)18(21)22-20(6-2)11-14-10-15(20)17-13-8-7-12(9-13)16(14)17;1-5-18(2,3)17(20)21-15-9-11-16(12-10-15)22-19(4)13-7-6-8-14-19;1-2-8-14(9-3-1)19-17-12-6-4-10-15(17)16-11-5-7-13-18(16)19;1-4-13(2,3)12(15)18-9-7-5-6-8(16-7)10(9)17-11(6)14;1-4-12(2,3)11(14)15-10-7-5-9(13)6-8-10/h12-14H,4-11H2,1-3H3,(H,26,27,28);12-17H,5-11H2,1-4H3;9-12H,5-8,13-14H2,1-4H3;1-13H;6-10H,4-5H2,1-3H3;5-8,13H,4H2,1-3H3/q;;;+1;;/p-1. The highest BCUT2D eigenvalue weighted by molar-refractivity contribution is 7.85. The summed E-state index contributed by atoms with van der Waals surface area (Å²) in [5.74, 6) is 2.96. The zero-order valence-corrected chi connectivity index (χ0v) is 79.0. The van der Waals surface area contributed by atoms with Crippen LogP contribution in [0, 0.1) is 85.8 Å². The zero-order chi connectivity index (χ0) is 92.6. The lowest BCUT2D eigenvalue weighted by atomic mass is 9.48. The molecule has 9 aliphatic carbocycles. The Bertz CT molecular complexity index is 4940. The Kier molecular flexibility index (Phi) is 29.6. The molecule has 696 valence electrons. The molecule has 1 aromatic heterocycles. The van der Waals surface area contributed by atoms with E-state index in [0.29, 0.717) is 62.4 Å². The van der Waals surface area contributed by atoms with E-state index < -0.39 is 85.0 Å². The first-order chi connectivity index (χ1) is 59.6. The van der Waals surface area contributed by atoms with E-state index in [2.05, 4.69) is 104 Å². The number of esters is 7. The predicted molar refractivity (Wildman–Crippen MR) is 480 cm³/mol. The van der Waals surface area contributed by atoms with Gasteiger partial charge in [-0.3, -0.25) is 33.6 Å². The summed E-state index contributed by atoms with van der Waals surface area (Å²) in [4.78, 5) is 87.1. The molecule has 12 aliphatic rings. The first kappa shape index (κ1) is 97.9. The Balaban J connectivity index is 0.000000140. The van der Waals surface area contributed by atoms with Crippen molar-refractivity contribution in [3.05, 3.63) is 127 Å². The molecule has 127 heavy (non-hydrogen) atoms. The molecule has 0 amide bonds. The molecule has 25 heteroatoms. The second-order valence-corrected chi connectivity index (χ2v) is 44.9. The molecular weight excluding hydrogens is 1670 g/mol. The molecule has 3 saturated heterocycles. The molecule has 20 nitrogen and oxygen atoms in total. The number of hydrogen-bond donors (Lipinski definition) is 1. The van der Waals surface area contributed by atoms with E-state index >= 15 is 0 Å². The highest BCUT2D eigenvalue weighted by Gasteiger charge is 2.69. The van der Waals surface area contributed by atoms with Crippen molar-refractivity contribution in [2.75, 3.05) is 5.75 Å². The third-order valence-corrected chi connectivity index (χ3v) is 33.6. The molecule has 1 N–H and O–H groups in total. The largest absolute Gasteiger partial charge is 0.748 e. The lowest BCUT2D eigenvalue weighted by molar-refractivity contribution is -0.239. The van der Waals surface area contributed by atoms with Gasteiger partial charge in [0.15, 0.2) is 26.5 Å². The fourth-order valence-corrected chi connectivity index (χ4v) is 24.5. The van der Waals surface area contributed by atoms with Gasteiger partial charge in [-0.2, -0.15) is 13.2 Å². The molecule has 6 aromatic rings. The van der Waals surface area contributed by atoms with Crippen LogP contribution in [0.5, 0.6) is 23.0 Å². The second-order valence-electron chi connectivity index (χ2n) is 41.5. The monoisotopic (exact) mass is 1800 g/mol. The fourth-order valence-electron chi connectivity index (χ4n) is 21.4. The van der Waals surface area contributed by atoms with E-state index in [0.717, 1.165) is 86.7 Å². The minimum atomic E-state index is -5.27. The Hall–Kier alpha value is -8.13. The Morgan fingerprint density at radius 2 is 1.03 bits per heavy atom. The van der Waals surface area contributed by atoms with Crippen LogP contribution in [0.15, 0.2) is 127 Å². The number of alkyl halides is 3. The van der Waals surface area contributed by atoms with Crippen LogP contribution in [0.3, 0.4) is 0 Å². The number of aromatic hydroxyl groups is 1. The van der Waals surface area contributed by atoms with Gasteiger partial charge in [-0.25, -0.2) is 8.42 Å². The maximum absolute atomic E-state index is 13.3. The molecule has 9 saturated carbocycles. The minimum Gasteiger partial charge on any atom is -0.748 e. The number of phenolic OH excluding ortho intramolecular Hbond substituents is 1. The summed E-state index contributed by atoms with van der Waals surface area (Å²) in [6.07, 6.45) is 11.2. The Morgan fingerprint density at radius 3 is 1.54 bits per heavy atom. The van der Waals surface area contributed by atoms with E-state index in [1.165, 1.54) is 82.1 Å². The van der Waals surface area contributed by atoms with E-state index in [1.54, 1.807) is 26.0 Å². The zero-order valence-electron chi connectivity index (χ0n) is 77.3. The molecule has 0 spiro atoms. The van der Waals surface area contributed by atoms with Gasteiger partial charge in [0.2, 0.25) is 6.10 Å². The van der Waals surface area contributed by atoms with Crippen LogP contribution >= 0.6 is 10.5 Å². The van der Waals surface area contributed by atoms with E-state index in [4.69, 9.17) is 43.0 Å². The summed E-state index contributed by atoms with van der Waals surface area (Å²) in [6.45, 7) is 33.0. The van der Waals surface area contributed by atoms with E-state index in [-0.39, 0.29) is 99.1 Å². The number of hydrogen-bond acceptors (Lipinski definition) is 20. The van der Waals surface area contributed by atoms with Gasteiger partial charge in [-0.15, -0.1) is 0 Å². The summed E-state index contributed by atoms with van der Waals surface area (Å²) in [7, 11) is -5.21. The van der Waals surface area contributed by atoms with Crippen LogP contribution in [-0.2, 0) is 72.1 Å². The Morgan fingerprint density at radius 1 is 0.551 bits per heavy atom. The smallest absolute Gasteiger partial charge is 0.426 e. The van der Waals surface area contributed by atoms with Crippen molar-refractivity contribution in [2.24, 2.45) is 85.8 Å². The summed E-state index contributed by atoms with van der Waals surface area (Å²) in [5, 5.41) is 11.8. The summed E-state index contributed by atoms with van der Waals surface area (Å²) in [5.41, 5.74) is -4.91. The number of carbonyl (C=O) groups excluding carboxylic acids is 7. The van der Waals surface area contributed by atoms with Gasteiger partial charge < -0.3 is 52.3 Å². The average Bonchev–Trinajstić information content (AvgIpc) is 1.57. The fraction of sp³-hybridized carbons (Fsp3) is 0.637. The maximum atomic E-state index is 13.3. The van der Waals surface area contributed by atoms with Crippen molar-refractivity contribution < 1.29 is 107 Å². The average molecular weight is 1800 g/mol. The third kappa shape index (κ3) is 21.7. The van der Waals surface area contributed by atoms with Crippen LogP contribution < -0.4 is 14.2 Å². The van der Waals surface area contributed by atoms with Crippen LogP contribution in [-0.4, -0.2) is 119 Å². The molecule has 0 radical (unpaired) electrons. The number of fused-ring (bicyclic) bond motifs is 13. The van der Waals surface area contributed by atoms with Crippen molar-refractivity contribution in [3.8, 4) is 27.9 Å². The number of rotatable bonds is 23. The number of carbonyl (C=O) groups is 7. The summed E-state index contributed by atoms with van der Waals surface area (Å²) >= 11 is 0. The Labute approximate surface area is 751 Å². The molecule has 5 aromatic carbocycles. The van der Waals surface area contributed by atoms with Gasteiger partial charge >= 0.3 is 48.0 Å². The summed E-state index contributed by atoms with van der Waals surface area (Å²) in [6, 6.07) is 41.9. The maximum Gasteiger partial charge on any atom is 0.426 e. The predicted octanol–water partition coefficient (Wildman–Crippen LogP) is 22.8. The number of phenols is 1. The van der Waals surface area contributed by atoms with Gasteiger partial charge in [0.25, 0.3) is 0 Å². The van der Waals surface area contributed by atoms with Crippen molar-refractivity contribution in [1.82, 2.24) is 0 Å². The second kappa shape index (κ2) is 38.4. The van der Waals surface area contributed by atoms with E-state index in [1.807, 2.05) is 107 Å². The van der Waals surface area contributed by atoms with Gasteiger partial charge in [-0.1, -0.05) is 90.4 Å². The van der Waals surface area contributed by atoms with Gasteiger partial charge in [0, 0.05) is 33.6 Å². The molecule has 4 heterocycles. The highest BCUT2D eigenvalue weighted by Crippen LogP contribution is 2.71. The van der Waals surface area contributed by atoms with Crippen LogP contribution in [0.2, 0.25) is 0 Å². The number of halogens is 3. The normalized spacial score (nSPS) is 28.6. The van der Waals surface area contributed by atoms with Gasteiger partial charge in [-0.05, 0) is 337 Å². The molecule has 12 fully saturated rings. The third-order valence-electron chi connectivity index (χ3n) is 30.6. The van der Waals surface area contributed by atoms with Crippen molar-refractivity contribution in [3.63, 3.8) is 0 Å². The quantitative estimate of drug-likeness (QED) is 0.0156. The summed E-state index contributed by atoms with van der Waals surface area (Å²) < 4.78 is 125. The lowest BCUT2D eigenvalue weighted by Gasteiger charge is -2.60. The molecule has 3 aliphatic heterocycles. The van der Waals surface area contributed by atoms with Gasteiger partial charge in [0.1, 0.15) is 45.9 Å². The van der Waals surface area contributed by atoms with Gasteiger partial charge in [0.05, 0.1) is 60.4 Å². The topological polar surface area (TPSA) is 280 Å². The first-order valence-electron chi connectivity index (χ1n) is 46.4. The first-order valence-corrected chi connectivity index (χ1v) is 49.2. The van der Waals surface area contributed by atoms with Crippen LogP contribution in [0.4, 0.5) is 13.2 Å². The van der Waals surface area contributed by atoms with E-state index in [9.17, 15) is 59.7 Å². The molecule has 15 atom stereocenters. The molecule has 18 rings (SSSR count). The van der Waals surface area contributed by atoms with Crippen molar-refractivity contribution >= 4 is 82.5 Å². The highest BCUT2D eigenvalue weighted by atomic mass is 32.2. The van der Waals surface area contributed by atoms with Crippen LogP contribution in [0.1, 0.15) is 265 Å². The van der Waals surface area contributed by atoms with Crippen LogP contribution in [0.25, 0.3) is 25.1 Å². The lowest BCUT2D eigenvalue weighted by Crippen LogP contribution is -2.61. The van der Waals surface area contributed by atoms with Crippen molar-refractivity contribution in [1.29, 1.82) is 0 Å². The molecule has 10 bridgehead atoms. The number of benzene rings is 5. The molecular formula is C102H135F3O20S2. The number of ether oxygens (including phenoxy) is 9. The number of thiophene rings is 1.